The largest absolute Gasteiger partial charge is 1.00 e. The molecular weight excluding hydrogens is 599 g/mol. The van der Waals surface area contributed by atoms with Crippen molar-refractivity contribution in [3.63, 3.8) is 0 Å². The van der Waals surface area contributed by atoms with E-state index in [4.69, 9.17) is 27.7 Å². The van der Waals surface area contributed by atoms with Crippen molar-refractivity contribution in [1.82, 2.24) is 19.9 Å². The average molecular weight is 629 g/mol. The smallest absolute Gasteiger partial charge is 0.748 e. The van der Waals surface area contributed by atoms with Crippen molar-refractivity contribution >= 4 is 50.2 Å². The van der Waals surface area contributed by atoms with Gasteiger partial charge in [-0.1, -0.05) is 5.57 Å². The maximum Gasteiger partial charge on any atom is 1.00 e. The molecule has 8 N–H and O–H groups in total. The second-order valence-corrected chi connectivity index (χ2v) is 10.2. The van der Waals surface area contributed by atoms with Crippen LogP contribution in [0.3, 0.4) is 0 Å². The molecule has 4 aromatic heterocycles. The molecule has 15 nitrogen and oxygen atoms in total. The number of nitrogen functional groups attached to an aromatic ring is 4. The zero-order chi connectivity index (χ0) is 31.2. The Morgan fingerprint density at radius 3 is 1.64 bits per heavy atom. The number of carbonyl (C=O) groups excluding carboxylic acids is 1. The third-order valence-corrected chi connectivity index (χ3v) is 6.22. The SMILES string of the molecule is Nc1ccncc1CC1=CC(=O)OCC1.Nc1ccncc1CS(=O)(=O)[O-].Nc1ccncc1N=Nc1cnccc1N.[Na+]. The number of pyridine rings is 4. The minimum Gasteiger partial charge on any atom is -0.748 e. The molecule has 224 valence electrons. The number of nitrogens with two attached hydrogens (primary N) is 4. The first-order valence-electron chi connectivity index (χ1n) is 12.5. The van der Waals surface area contributed by atoms with Crippen molar-refractivity contribution in [2.24, 2.45) is 10.2 Å². The molecule has 0 bridgehead atoms. The van der Waals surface area contributed by atoms with Gasteiger partial charge in [0.1, 0.15) is 11.4 Å². The van der Waals surface area contributed by atoms with Crippen LogP contribution in [0.1, 0.15) is 17.5 Å². The molecule has 0 saturated carbocycles. The van der Waals surface area contributed by atoms with Crippen LogP contribution in [0.5, 0.6) is 0 Å². The number of rotatable bonds is 6. The van der Waals surface area contributed by atoms with E-state index in [1.807, 2.05) is 0 Å². The van der Waals surface area contributed by atoms with Crippen molar-refractivity contribution < 1.29 is 52.1 Å². The van der Waals surface area contributed by atoms with Gasteiger partial charge >= 0.3 is 35.5 Å². The standard InChI is InChI=1S/C11H12N2O2.C10H10N6.C6H8N2O3S.Na/c12-10-1-3-13-7-9(10)5-8-2-4-15-11(14)6-8;11-7-1-3-13-5-9(7)15-16-10-6-14-4-2-8(10)12;7-6-1-2-8-3-5(6)4-12(9,10)11;/h1,3,6-7H,2,4-5H2,(H2,12,13);1-6H,(H2,11,13)(H2,12,14);1-3H,4H2,(H2,7,8)(H,9,10,11);/q;;;+1/p-1. The minimum absolute atomic E-state index is 0. The summed E-state index contributed by atoms with van der Waals surface area (Å²) in [5.74, 6) is -0.870. The average Bonchev–Trinajstić information content (AvgIpc) is 2.96. The fourth-order valence-corrected chi connectivity index (χ4v) is 3.97. The van der Waals surface area contributed by atoms with Crippen LogP contribution in [0.25, 0.3) is 0 Å². The summed E-state index contributed by atoms with van der Waals surface area (Å²) in [6.07, 6.45) is 15.3. The molecule has 5 rings (SSSR count). The van der Waals surface area contributed by atoms with Crippen LogP contribution in [0.4, 0.5) is 34.1 Å². The van der Waals surface area contributed by atoms with Gasteiger partial charge in [0.05, 0.1) is 46.2 Å². The molecular formula is C27H29N10NaO5S. The number of hydrogen-bond donors (Lipinski definition) is 4. The summed E-state index contributed by atoms with van der Waals surface area (Å²) in [5, 5.41) is 7.91. The Labute approximate surface area is 275 Å². The molecule has 0 spiro atoms. The van der Waals surface area contributed by atoms with Crippen LogP contribution in [0.2, 0.25) is 0 Å². The number of azo groups is 1. The zero-order valence-corrected chi connectivity index (χ0v) is 26.6. The number of aromatic nitrogens is 4. The van der Waals surface area contributed by atoms with E-state index in [2.05, 4.69) is 30.2 Å². The quantitative estimate of drug-likeness (QED) is 0.0937. The number of carbonyl (C=O) groups is 1. The summed E-state index contributed by atoms with van der Waals surface area (Å²) >= 11 is 0. The molecule has 0 saturated heterocycles. The number of esters is 1. The van der Waals surface area contributed by atoms with Crippen molar-refractivity contribution in [1.29, 1.82) is 0 Å². The molecule has 0 aromatic carbocycles. The summed E-state index contributed by atoms with van der Waals surface area (Å²) in [7, 11) is -4.27. The fourth-order valence-electron chi connectivity index (χ4n) is 3.35. The first-order valence-corrected chi connectivity index (χ1v) is 14.1. The van der Waals surface area contributed by atoms with Crippen LogP contribution < -0.4 is 52.5 Å². The van der Waals surface area contributed by atoms with Crippen LogP contribution in [-0.2, 0) is 31.8 Å². The Morgan fingerprint density at radius 1 is 0.750 bits per heavy atom. The summed E-state index contributed by atoms with van der Waals surface area (Å²) in [6, 6.07) is 6.51. The molecule has 0 aliphatic carbocycles. The molecule has 5 heterocycles. The molecule has 0 unspecified atom stereocenters. The minimum atomic E-state index is -4.27. The molecule has 1 aliphatic heterocycles. The first kappa shape index (κ1) is 35.7. The number of cyclic esters (lactones) is 1. The maximum absolute atomic E-state index is 11.0. The molecule has 4 aromatic rings. The van der Waals surface area contributed by atoms with Gasteiger partial charge in [0, 0.05) is 66.6 Å². The summed E-state index contributed by atoms with van der Waals surface area (Å²) < 4.78 is 35.8. The van der Waals surface area contributed by atoms with Crippen LogP contribution in [0, 0.1) is 0 Å². The maximum atomic E-state index is 11.0. The Hall–Kier alpha value is -4.48. The van der Waals surface area contributed by atoms with E-state index in [9.17, 15) is 17.8 Å². The van der Waals surface area contributed by atoms with Gasteiger partial charge in [-0.2, -0.15) is 0 Å². The van der Waals surface area contributed by atoms with Gasteiger partial charge in [0.25, 0.3) is 0 Å². The van der Waals surface area contributed by atoms with Gasteiger partial charge in [0.2, 0.25) is 0 Å². The van der Waals surface area contributed by atoms with Gasteiger partial charge < -0.3 is 32.2 Å². The van der Waals surface area contributed by atoms with Gasteiger partial charge in [-0.05, 0) is 36.2 Å². The number of ether oxygens (including phenoxy) is 1. The van der Waals surface area contributed by atoms with Crippen molar-refractivity contribution in [2.45, 2.75) is 18.6 Å². The number of hydrogen-bond acceptors (Lipinski definition) is 15. The van der Waals surface area contributed by atoms with Crippen LogP contribution in [-0.4, -0.2) is 45.5 Å². The molecule has 0 amide bonds. The van der Waals surface area contributed by atoms with E-state index in [0.717, 1.165) is 17.6 Å². The van der Waals surface area contributed by atoms with Gasteiger partial charge in [-0.3, -0.25) is 19.9 Å². The first-order chi connectivity index (χ1) is 20.5. The summed E-state index contributed by atoms with van der Waals surface area (Å²) in [4.78, 5) is 26.5. The molecule has 0 atom stereocenters. The third kappa shape index (κ3) is 12.4. The molecule has 0 fully saturated rings. The van der Waals surface area contributed by atoms with E-state index in [1.54, 1.807) is 43.0 Å². The second kappa shape index (κ2) is 17.6. The van der Waals surface area contributed by atoms with Gasteiger partial charge in [-0.25, -0.2) is 13.2 Å². The topological polar surface area (TPSA) is 264 Å². The zero-order valence-electron chi connectivity index (χ0n) is 23.8. The monoisotopic (exact) mass is 628 g/mol. The van der Waals surface area contributed by atoms with Gasteiger partial charge in [-0.15, -0.1) is 10.2 Å². The van der Waals surface area contributed by atoms with E-state index < -0.39 is 15.9 Å². The number of anilines is 4. The van der Waals surface area contributed by atoms with E-state index in [0.29, 0.717) is 41.5 Å². The summed E-state index contributed by atoms with van der Waals surface area (Å²) in [6.45, 7) is 0.463. The van der Waals surface area contributed by atoms with Crippen LogP contribution >= 0.6 is 0 Å². The Kier molecular flexibility index (Phi) is 14.3. The molecule has 17 heteroatoms. The Balaban J connectivity index is 0.000000230. The number of nitrogens with zero attached hydrogens (tertiary/aromatic N) is 6. The Bertz CT molecular complexity index is 1670. The van der Waals surface area contributed by atoms with E-state index in [-0.39, 0.29) is 46.8 Å². The third-order valence-electron chi connectivity index (χ3n) is 5.55. The Morgan fingerprint density at radius 2 is 1.20 bits per heavy atom. The predicted octanol–water partition coefficient (Wildman–Crippen LogP) is -0.151. The predicted molar refractivity (Wildman–Crippen MR) is 160 cm³/mol. The van der Waals surface area contributed by atoms with E-state index >= 15 is 0 Å². The molecule has 1 aliphatic rings. The van der Waals surface area contributed by atoms with E-state index in [1.165, 1.54) is 36.9 Å². The normalized spacial score (nSPS) is 12.4. The second-order valence-electron chi connectivity index (χ2n) is 8.82. The van der Waals surface area contributed by atoms with Crippen LogP contribution in [0.15, 0.2) is 95.7 Å². The molecule has 0 radical (unpaired) electrons. The molecule has 44 heavy (non-hydrogen) atoms. The summed E-state index contributed by atoms with van der Waals surface area (Å²) in [5.41, 5.74) is 27.8. The van der Waals surface area contributed by atoms with Crippen molar-refractivity contribution in [3.8, 4) is 0 Å². The van der Waals surface area contributed by atoms with Gasteiger partial charge in [0.15, 0.2) is 0 Å². The van der Waals surface area contributed by atoms with Crippen molar-refractivity contribution in [3.05, 3.63) is 96.6 Å². The fraction of sp³-hybridized carbons (Fsp3) is 0.148. The van der Waals surface area contributed by atoms with Crippen molar-refractivity contribution in [2.75, 3.05) is 29.5 Å².